The SMILES string of the molecule is CN=C(NCC1(CS(C)(=O)=O)CC1)NC(C)CCC(C)(C)C. The topological polar surface area (TPSA) is 70.6 Å². The Balaban J connectivity index is 2.40. The van der Waals surface area contributed by atoms with Gasteiger partial charge in [0.2, 0.25) is 0 Å². The molecule has 1 atom stereocenters. The van der Waals surface area contributed by atoms with E-state index in [1.165, 1.54) is 6.26 Å². The van der Waals surface area contributed by atoms with Crippen LogP contribution in [0.2, 0.25) is 0 Å². The molecule has 5 nitrogen and oxygen atoms in total. The standard InChI is InChI=1S/C16H33N3O2S/c1-13(7-8-15(2,3)4)19-14(17-5)18-11-16(9-10-16)12-22(6,20)21/h13H,7-12H2,1-6H3,(H2,17,18,19). The molecular formula is C16H33N3O2S. The summed E-state index contributed by atoms with van der Waals surface area (Å²) in [7, 11) is -1.17. The lowest BCUT2D eigenvalue weighted by Crippen LogP contribution is -2.45. The average Bonchev–Trinajstić information content (AvgIpc) is 3.08. The van der Waals surface area contributed by atoms with Gasteiger partial charge < -0.3 is 10.6 Å². The second-order valence-corrected chi connectivity index (χ2v) is 10.3. The number of rotatable bonds is 7. The van der Waals surface area contributed by atoms with E-state index in [0.717, 1.165) is 31.6 Å². The van der Waals surface area contributed by atoms with Crippen molar-refractivity contribution < 1.29 is 8.42 Å². The maximum atomic E-state index is 11.5. The van der Waals surface area contributed by atoms with Gasteiger partial charge >= 0.3 is 0 Å². The van der Waals surface area contributed by atoms with Crippen LogP contribution in [-0.4, -0.2) is 46.0 Å². The minimum atomic E-state index is -2.92. The number of sulfone groups is 1. The number of guanidine groups is 1. The molecule has 1 saturated carbocycles. The minimum Gasteiger partial charge on any atom is -0.356 e. The number of nitrogens with one attached hydrogen (secondary N) is 2. The van der Waals surface area contributed by atoms with Crippen molar-refractivity contribution in [3.8, 4) is 0 Å². The third-order valence-electron chi connectivity index (χ3n) is 4.09. The van der Waals surface area contributed by atoms with Crippen molar-refractivity contribution in [3.63, 3.8) is 0 Å². The lowest BCUT2D eigenvalue weighted by Gasteiger charge is -2.24. The third kappa shape index (κ3) is 8.01. The lowest BCUT2D eigenvalue weighted by atomic mass is 9.89. The zero-order valence-corrected chi connectivity index (χ0v) is 15.8. The highest BCUT2D eigenvalue weighted by atomic mass is 32.2. The third-order valence-corrected chi connectivity index (χ3v) is 5.23. The van der Waals surface area contributed by atoms with Gasteiger partial charge in [0.25, 0.3) is 0 Å². The molecule has 22 heavy (non-hydrogen) atoms. The summed E-state index contributed by atoms with van der Waals surface area (Å²) in [5.41, 5.74) is 0.250. The van der Waals surface area contributed by atoms with Crippen molar-refractivity contribution in [3.05, 3.63) is 0 Å². The first-order chi connectivity index (χ1) is 9.95. The van der Waals surface area contributed by atoms with Crippen LogP contribution in [0.3, 0.4) is 0 Å². The molecule has 1 aliphatic rings. The Morgan fingerprint density at radius 2 is 1.91 bits per heavy atom. The van der Waals surface area contributed by atoms with Gasteiger partial charge in [-0.25, -0.2) is 8.42 Å². The van der Waals surface area contributed by atoms with Crippen LogP contribution in [0.1, 0.15) is 53.4 Å². The molecule has 1 rings (SSSR count). The van der Waals surface area contributed by atoms with Crippen molar-refractivity contribution >= 4 is 15.8 Å². The number of nitrogens with zero attached hydrogens (tertiary/aromatic N) is 1. The molecule has 1 fully saturated rings. The lowest BCUT2D eigenvalue weighted by molar-refractivity contribution is 0.346. The summed E-state index contributed by atoms with van der Waals surface area (Å²) in [6.07, 6.45) is 5.50. The summed E-state index contributed by atoms with van der Waals surface area (Å²) in [6.45, 7) is 9.56. The zero-order chi connectivity index (χ0) is 17.0. The van der Waals surface area contributed by atoms with Crippen LogP contribution < -0.4 is 10.6 Å². The van der Waals surface area contributed by atoms with Gasteiger partial charge in [-0.15, -0.1) is 0 Å². The molecule has 0 spiro atoms. The molecule has 2 N–H and O–H groups in total. The summed E-state index contributed by atoms with van der Waals surface area (Å²) in [6, 6.07) is 0.343. The van der Waals surface area contributed by atoms with Gasteiger partial charge in [-0.2, -0.15) is 0 Å². The summed E-state index contributed by atoms with van der Waals surface area (Å²) >= 11 is 0. The van der Waals surface area contributed by atoms with Crippen LogP contribution in [-0.2, 0) is 9.84 Å². The van der Waals surface area contributed by atoms with Gasteiger partial charge in [-0.3, -0.25) is 4.99 Å². The fraction of sp³-hybridized carbons (Fsp3) is 0.938. The average molecular weight is 332 g/mol. The molecule has 0 aromatic carbocycles. The van der Waals surface area contributed by atoms with Gasteiger partial charge in [0, 0.05) is 31.3 Å². The smallest absolute Gasteiger partial charge is 0.191 e. The van der Waals surface area contributed by atoms with E-state index in [2.05, 4.69) is 43.3 Å². The van der Waals surface area contributed by atoms with Crippen LogP contribution in [0.15, 0.2) is 4.99 Å². The maximum Gasteiger partial charge on any atom is 0.191 e. The van der Waals surface area contributed by atoms with E-state index < -0.39 is 9.84 Å². The molecular weight excluding hydrogens is 298 g/mol. The molecule has 1 unspecified atom stereocenters. The van der Waals surface area contributed by atoms with E-state index in [1.807, 2.05) is 0 Å². The van der Waals surface area contributed by atoms with E-state index in [1.54, 1.807) is 7.05 Å². The molecule has 1 aliphatic carbocycles. The Kier molecular flexibility index (Phi) is 6.30. The molecule has 6 heteroatoms. The van der Waals surface area contributed by atoms with E-state index in [-0.39, 0.29) is 11.2 Å². The zero-order valence-electron chi connectivity index (χ0n) is 15.0. The van der Waals surface area contributed by atoms with Crippen LogP contribution in [0.25, 0.3) is 0 Å². The Labute approximate surface area is 136 Å². The molecule has 0 amide bonds. The van der Waals surface area contributed by atoms with Crippen LogP contribution in [0.4, 0.5) is 0 Å². The fourth-order valence-corrected chi connectivity index (χ4v) is 4.03. The first-order valence-corrected chi connectivity index (χ1v) is 10.2. The first-order valence-electron chi connectivity index (χ1n) is 8.10. The minimum absolute atomic E-state index is 0.0835. The van der Waals surface area contributed by atoms with E-state index >= 15 is 0 Å². The van der Waals surface area contributed by atoms with Gasteiger partial charge in [0.15, 0.2) is 5.96 Å². The first kappa shape index (κ1) is 19.3. The molecule has 130 valence electrons. The van der Waals surface area contributed by atoms with Crippen molar-refractivity contribution in [2.24, 2.45) is 15.8 Å². The van der Waals surface area contributed by atoms with Crippen LogP contribution in [0.5, 0.6) is 0 Å². The summed E-state index contributed by atoms with van der Waals surface area (Å²) in [4.78, 5) is 4.24. The molecule has 0 heterocycles. The largest absolute Gasteiger partial charge is 0.356 e. The molecule has 0 aliphatic heterocycles. The van der Waals surface area contributed by atoms with Crippen molar-refractivity contribution in [1.82, 2.24) is 10.6 Å². The summed E-state index contributed by atoms with van der Waals surface area (Å²) in [5, 5.41) is 6.69. The van der Waals surface area contributed by atoms with Gasteiger partial charge in [-0.05, 0) is 38.0 Å². The van der Waals surface area contributed by atoms with Crippen molar-refractivity contribution in [2.75, 3.05) is 25.6 Å². The highest BCUT2D eigenvalue weighted by Gasteiger charge is 2.45. The maximum absolute atomic E-state index is 11.5. The van der Waals surface area contributed by atoms with E-state index in [9.17, 15) is 8.42 Å². The number of aliphatic imine (C=N–C) groups is 1. The Hall–Kier alpha value is -0.780. The summed E-state index contributed by atoms with van der Waals surface area (Å²) < 4.78 is 23.0. The predicted octanol–water partition coefficient (Wildman–Crippen LogP) is 2.19. The Bertz CT molecular complexity index is 488. The highest BCUT2D eigenvalue weighted by Crippen LogP contribution is 2.45. The van der Waals surface area contributed by atoms with E-state index in [4.69, 9.17) is 0 Å². The van der Waals surface area contributed by atoms with Crippen molar-refractivity contribution in [1.29, 1.82) is 0 Å². The number of hydrogen-bond acceptors (Lipinski definition) is 3. The van der Waals surface area contributed by atoms with Crippen LogP contribution in [0, 0.1) is 10.8 Å². The second kappa shape index (κ2) is 7.20. The van der Waals surface area contributed by atoms with Gasteiger partial charge in [0.05, 0.1) is 5.75 Å². The summed E-state index contributed by atoms with van der Waals surface area (Å²) in [5.74, 6) is 1.03. The number of hydrogen-bond donors (Lipinski definition) is 2. The Morgan fingerprint density at radius 3 is 2.32 bits per heavy atom. The quantitative estimate of drug-likeness (QED) is 0.554. The molecule has 0 saturated heterocycles. The van der Waals surface area contributed by atoms with Gasteiger partial charge in [0.1, 0.15) is 9.84 Å². The molecule has 0 aromatic heterocycles. The highest BCUT2D eigenvalue weighted by molar-refractivity contribution is 7.90. The second-order valence-electron chi connectivity index (χ2n) is 8.14. The van der Waals surface area contributed by atoms with E-state index in [0.29, 0.717) is 18.0 Å². The molecule has 0 radical (unpaired) electrons. The fourth-order valence-electron chi connectivity index (χ4n) is 2.53. The Morgan fingerprint density at radius 1 is 1.32 bits per heavy atom. The monoisotopic (exact) mass is 331 g/mol. The molecule has 0 bridgehead atoms. The van der Waals surface area contributed by atoms with Gasteiger partial charge in [-0.1, -0.05) is 20.8 Å². The normalized spacial score (nSPS) is 19.6. The van der Waals surface area contributed by atoms with Crippen molar-refractivity contribution in [2.45, 2.75) is 59.4 Å². The van der Waals surface area contributed by atoms with Crippen LogP contribution >= 0.6 is 0 Å². The predicted molar refractivity (Wildman–Crippen MR) is 94.0 cm³/mol. The molecule has 0 aromatic rings.